The summed E-state index contributed by atoms with van der Waals surface area (Å²) in [7, 11) is 0. The summed E-state index contributed by atoms with van der Waals surface area (Å²) in [6, 6.07) is 5.27. The number of rotatable bonds is 4. The van der Waals surface area contributed by atoms with Crippen LogP contribution in [-0.2, 0) is 0 Å². The number of benzene rings is 1. The largest absolute Gasteiger partial charge is 0.322 e. The van der Waals surface area contributed by atoms with Crippen molar-refractivity contribution in [3.8, 4) is 12.3 Å². The second-order valence-corrected chi connectivity index (χ2v) is 3.45. The molecule has 6 nitrogen and oxygen atoms in total. The third kappa shape index (κ3) is 3.49. The number of nitro groups is 1. The van der Waals surface area contributed by atoms with Gasteiger partial charge in [0.15, 0.2) is 0 Å². The third-order valence-corrected chi connectivity index (χ3v) is 2.28. The van der Waals surface area contributed by atoms with E-state index >= 15 is 0 Å². The van der Waals surface area contributed by atoms with Gasteiger partial charge in [0.1, 0.15) is 0 Å². The molecule has 1 rings (SSSR count). The van der Waals surface area contributed by atoms with E-state index in [0.717, 1.165) is 0 Å². The highest BCUT2D eigenvalue weighted by Gasteiger charge is 2.11. The van der Waals surface area contributed by atoms with Gasteiger partial charge in [-0.05, 0) is 19.1 Å². The monoisotopic (exact) mass is 247 g/mol. The average molecular weight is 247 g/mol. The number of hydrogen-bond donors (Lipinski definition) is 1. The van der Waals surface area contributed by atoms with E-state index in [0.29, 0.717) is 12.2 Å². The fourth-order valence-electron chi connectivity index (χ4n) is 1.31. The lowest BCUT2D eigenvalue weighted by molar-refractivity contribution is -0.384. The minimum Gasteiger partial charge on any atom is -0.314 e. The van der Waals surface area contributed by atoms with Crippen molar-refractivity contribution < 1.29 is 9.72 Å². The van der Waals surface area contributed by atoms with Gasteiger partial charge in [-0.3, -0.25) is 10.1 Å². The van der Waals surface area contributed by atoms with Crippen molar-refractivity contribution in [2.24, 2.45) is 0 Å². The van der Waals surface area contributed by atoms with Gasteiger partial charge in [-0.1, -0.05) is 5.92 Å². The Balaban J connectivity index is 2.70. The highest BCUT2D eigenvalue weighted by atomic mass is 16.6. The molecule has 2 amide bonds. The molecule has 0 aliphatic carbocycles. The lowest BCUT2D eigenvalue weighted by Crippen LogP contribution is -2.35. The van der Waals surface area contributed by atoms with Gasteiger partial charge >= 0.3 is 6.03 Å². The van der Waals surface area contributed by atoms with Crippen LogP contribution in [0.3, 0.4) is 0 Å². The maximum absolute atomic E-state index is 11.7. The van der Waals surface area contributed by atoms with E-state index in [1.54, 1.807) is 0 Å². The standard InChI is InChI=1S/C12H13N3O3/c1-3-9-14(4-2)12(16)13-10-5-7-11(8-6-10)15(17)18/h1,5-8H,4,9H2,2H3,(H,13,16). The molecule has 0 bridgehead atoms. The zero-order valence-corrected chi connectivity index (χ0v) is 9.92. The van der Waals surface area contributed by atoms with Crippen LogP contribution in [0.4, 0.5) is 16.2 Å². The van der Waals surface area contributed by atoms with Gasteiger partial charge < -0.3 is 10.2 Å². The van der Waals surface area contributed by atoms with Crippen LogP contribution in [0.15, 0.2) is 24.3 Å². The summed E-state index contributed by atoms with van der Waals surface area (Å²) >= 11 is 0. The van der Waals surface area contributed by atoms with Gasteiger partial charge in [0, 0.05) is 24.4 Å². The molecule has 0 heterocycles. The first-order chi connectivity index (χ1) is 8.58. The molecular weight excluding hydrogens is 234 g/mol. The van der Waals surface area contributed by atoms with Crippen molar-refractivity contribution in [3.05, 3.63) is 34.4 Å². The van der Waals surface area contributed by atoms with Gasteiger partial charge in [-0.15, -0.1) is 6.42 Å². The van der Waals surface area contributed by atoms with Crippen molar-refractivity contribution in [2.45, 2.75) is 6.92 Å². The number of nitrogens with zero attached hydrogens (tertiary/aromatic N) is 2. The smallest absolute Gasteiger partial charge is 0.314 e. The van der Waals surface area contributed by atoms with Crippen LogP contribution in [0, 0.1) is 22.5 Å². The van der Waals surface area contributed by atoms with E-state index < -0.39 is 4.92 Å². The van der Waals surface area contributed by atoms with Gasteiger partial charge in [0.2, 0.25) is 0 Å². The molecule has 1 N–H and O–H groups in total. The molecule has 0 saturated heterocycles. The van der Waals surface area contributed by atoms with E-state index in [1.807, 2.05) is 6.92 Å². The summed E-state index contributed by atoms with van der Waals surface area (Å²) in [4.78, 5) is 23.1. The molecular formula is C12H13N3O3. The Morgan fingerprint density at radius 3 is 2.56 bits per heavy atom. The van der Waals surface area contributed by atoms with E-state index in [2.05, 4.69) is 11.2 Å². The number of amides is 2. The lowest BCUT2D eigenvalue weighted by atomic mass is 10.3. The molecule has 0 spiro atoms. The van der Waals surface area contributed by atoms with E-state index in [-0.39, 0.29) is 18.3 Å². The first-order valence-electron chi connectivity index (χ1n) is 5.32. The average Bonchev–Trinajstić information content (AvgIpc) is 2.36. The molecule has 1 aromatic carbocycles. The molecule has 18 heavy (non-hydrogen) atoms. The zero-order valence-electron chi connectivity index (χ0n) is 9.92. The number of nitro benzene ring substituents is 1. The Kier molecular flexibility index (Phi) is 4.69. The normalized spacial score (nSPS) is 9.33. The number of carbonyl (C=O) groups excluding carboxylic acids is 1. The van der Waals surface area contributed by atoms with E-state index in [4.69, 9.17) is 6.42 Å². The second-order valence-electron chi connectivity index (χ2n) is 3.45. The first-order valence-corrected chi connectivity index (χ1v) is 5.32. The van der Waals surface area contributed by atoms with Gasteiger partial charge in [0.05, 0.1) is 11.5 Å². The molecule has 6 heteroatoms. The molecule has 0 aliphatic heterocycles. The maximum Gasteiger partial charge on any atom is 0.322 e. The van der Waals surface area contributed by atoms with E-state index in [1.165, 1.54) is 29.2 Å². The molecule has 94 valence electrons. The van der Waals surface area contributed by atoms with E-state index in [9.17, 15) is 14.9 Å². The molecule has 0 aliphatic rings. The summed E-state index contributed by atoms with van der Waals surface area (Å²) in [5.41, 5.74) is 0.463. The summed E-state index contributed by atoms with van der Waals surface area (Å²) in [6.45, 7) is 2.52. The van der Waals surface area contributed by atoms with Crippen LogP contribution in [-0.4, -0.2) is 28.9 Å². The highest BCUT2D eigenvalue weighted by Crippen LogP contribution is 2.15. The molecule has 0 saturated carbocycles. The number of anilines is 1. The molecule has 0 aromatic heterocycles. The van der Waals surface area contributed by atoms with Crippen LogP contribution < -0.4 is 5.32 Å². The zero-order chi connectivity index (χ0) is 13.5. The van der Waals surface area contributed by atoms with Gasteiger partial charge in [-0.2, -0.15) is 0 Å². The van der Waals surface area contributed by atoms with Crippen molar-refractivity contribution in [2.75, 3.05) is 18.4 Å². The van der Waals surface area contributed by atoms with Crippen LogP contribution in [0.25, 0.3) is 0 Å². The Hall–Kier alpha value is -2.55. The Morgan fingerprint density at radius 1 is 1.50 bits per heavy atom. The molecule has 0 atom stereocenters. The van der Waals surface area contributed by atoms with Crippen LogP contribution in [0.1, 0.15) is 6.92 Å². The number of non-ortho nitro benzene ring substituents is 1. The van der Waals surface area contributed by atoms with Crippen molar-refractivity contribution in [1.82, 2.24) is 4.90 Å². The first kappa shape index (κ1) is 13.5. The van der Waals surface area contributed by atoms with Crippen LogP contribution in [0.5, 0.6) is 0 Å². The Morgan fingerprint density at radius 2 is 2.11 bits per heavy atom. The lowest BCUT2D eigenvalue weighted by Gasteiger charge is -2.18. The third-order valence-electron chi connectivity index (χ3n) is 2.28. The summed E-state index contributed by atoms with van der Waals surface area (Å²) < 4.78 is 0. The number of hydrogen-bond acceptors (Lipinski definition) is 3. The van der Waals surface area contributed by atoms with Crippen molar-refractivity contribution in [1.29, 1.82) is 0 Å². The van der Waals surface area contributed by atoms with Gasteiger partial charge in [0.25, 0.3) is 5.69 Å². The number of carbonyl (C=O) groups is 1. The molecule has 0 fully saturated rings. The summed E-state index contributed by atoms with van der Waals surface area (Å²) in [5, 5.41) is 13.1. The Labute approximate surface area is 105 Å². The van der Waals surface area contributed by atoms with Crippen molar-refractivity contribution in [3.63, 3.8) is 0 Å². The van der Waals surface area contributed by atoms with Gasteiger partial charge in [-0.25, -0.2) is 4.79 Å². The SMILES string of the molecule is C#CCN(CC)C(=O)Nc1ccc([N+](=O)[O-])cc1. The summed E-state index contributed by atoms with van der Waals surface area (Å²) in [6.07, 6.45) is 5.14. The molecule has 0 unspecified atom stereocenters. The minimum absolute atomic E-state index is 0.0241. The number of urea groups is 1. The van der Waals surface area contributed by atoms with Crippen LogP contribution in [0.2, 0.25) is 0 Å². The number of terminal acetylenes is 1. The molecule has 1 aromatic rings. The Bertz CT molecular complexity index is 476. The fraction of sp³-hybridized carbons (Fsp3) is 0.250. The minimum atomic E-state index is -0.498. The summed E-state index contributed by atoms with van der Waals surface area (Å²) in [5.74, 6) is 2.39. The molecule has 0 radical (unpaired) electrons. The second kappa shape index (κ2) is 6.25. The van der Waals surface area contributed by atoms with Crippen molar-refractivity contribution >= 4 is 17.4 Å². The highest BCUT2D eigenvalue weighted by molar-refractivity contribution is 5.89. The van der Waals surface area contributed by atoms with Crippen LogP contribution >= 0.6 is 0 Å². The maximum atomic E-state index is 11.7. The fourth-order valence-corrected chi connectivity index (χ4v) is 1.31. The predicted molar refractivity (Wildman–Crippen MR) is 68.2 cm³/mol. The topological polar surface area (TPSA) is 75.5 Å². The quantitative estimate of drug-likeness (QED) is 0.502. The number of nitrogens with one attached hydrogen (secondary N) is 1. The predicted octanol–water partition coefficient (Wildman–Crippen LogP) is 2.08.